The van der Waals surface area contributed by atoms with E-state index >= 15 is 0 Å². The van der Waals surface area contributed by atoms with Crippen LogP contribution in [0.2, 0.25) is 0 Å². The summed E-state index contributed by atoms with van der Waals surface area (Å²) in [5, 5.41) is 20.2. The molecule has 4 nitrogen and oxygen atoms in total. The highest BCUT2D eigenvalue weighted by Crippen LogP contribution is 1.96. The Labute approximate surface area is 79.9 Å². The van der Waals surface area contributed by atoms with Crippen molar-refractivity contribution in [3.8, 4) is 0 Å². The average Bonchev–Trinajstić information content (AvgIpc) is 2.16. The zero-order valence-corrected chi connectivity index (χ0v) is 8.53. The van der Waals surface area contributed by atoms with Gasteiger partial charge in [0, 0.05) is 6.54 Å². The number of likely N-dealkylation sites (N-methyl/N-ethyl adjacent to an activating group) is 1. The summed E-state index contributed by atoms with van der Waals surface area (Å²) < 4.78 is 0. The molecule has 0 rings (SSSR count). The first-order chi connectivity index (χ1) is 6.24. The summed E-state index contributed by atoms with van der Waals surface area (Å²) >= 11 is 0. The second-order valence-electron chi connectivity index (χ2n) is 3.10. The van der Waals surface area contributed by atoms with Gasteiger partial charge in [0.25, 0.3) is 0 Å². The van der Waals surface area contributed by atoms with E-state index in [-0.39, 0.29) is 6.61 Å². The van der Waals surface area contributed by atoms with Crippen molar-refractivity contribution in [2.75, 3.05) is 26.2 Å². The number of nitrogens with zero attached hydrogens (tertiary/aromatic N) is 2. The maximum atomic E-state index is 8.72. The van der Waals surface area contributed by atoms with Crippen LogP contribution in [0.5, 0.6) is 0 Å². The molecule has 2 N–H and O–H groups in total. The molecule has 0 unspecified atom stereocenters. The number of oxime groups is 1. The maximum absolute atomic E-state index is 8.72. The third-order valence-corrected chi connectivity index (χ3v) is 2.05. The molecule has 0 amide bonds. The molecule has 0 heterocycles. The van der Waals surface area contributed by atoms with Gasteiger partial charge in [-0.2, -0.15) is 0 Å². The Balaban J connectivity index is 3.48. The minimum atomic E-state index is 0.209. The molecule has 0 saturated heterocycles. The van der Waals surface area contributed by atoms with Crippen LogP contribution in [-0.2, 0) is 0 Å². The lowest BCUT2D eigenvalue weighted by molar-refractivity contribution is 0.201. The second kappa shape index (κ2) is 8.01. The summed E-state index contributed by atoms with van der Waals surface area (Å²) in [6, 6.07) is 0. The summed E-state index contributed by atoms with van der Waals surface area (Å²) in [6.07, 6.45) is 1.79. The molecular weight excluding hydrogens is 168 g/mol. The number of hydrogen-bond donors (Lipinski definition) is 2. The fourth-order valence-electron chi connectivity index (χ4n) is 1.18. The van der Waals surface area contributed by atoms with E-state index in [2.05, 4.69) is 17.0 Å². The summed E-state index contributed by atoms with van der Waals surface area (Å²) in [5.74, 6) is 0. The van der Waals surface area contributed by atoms with Crippen molar-refractivity contribution in [3.05, 3.63) is 0 Å². The molecule has 0 radical (unpaired) electrons. The lowest BCUT2D eigenvalue weighted by Crippen LogP contribution is -2.27. The highest BCUT2D eigenvalue weighted by atomic mass is 16.4. The number of hydrogen-bond acceptors (Lipinski definition) is 4. The molecule has 4 heteroatoms. The van der Waals surface area contributed by atoms with Gasteiger partial charge in [-0.15, -0.1) is 0 Å². The molecular formula is C9H20N2O2. The molecule has 0 bridgehead atoms. The van der Waals surface area contributed by atoms with Crippen molar-refractivity contribution in [2.24, 2.45) is 5.16 Å². The monoisotopic (exact) mass is 188 g/mol. The van der Waals surface area contributed by atoms with E-state index in [0.717, 1.165) is 38.2 Å². The van der Waals surface area contributed by atoms with E-state index < -0.39 is 0 Å². The molecule has 0 aliphatic carbocycles. The largest absolute Gasteiger partial charge is 0.411 e. The number of rotatable bonds is 7. The quantitative estimate of drug-likeness (QED) is 0.355. The smallest absolute Gasteiger partial charge is 0.0558 e. The third-order valence-electron chi connectivity index (χ3n) is 2.05. The minimum Gasteiger partial charge on any atom is -0.411 e. The van der Waals surface area contributed by atoms with Gasteiger partial charge >= 0.3 is 0 Å². The van der Waals surface area contributed by atoms with Crippen molar-refractivity contribution in [1.29, 1.82) is 0 Å². The zero-order valence-electron chi connectivity index (χ0n) is 8.53. The normalized spacial score (nSPS) is 12.5. The van der Waals surface area contributed by atoms with Crippen molar-refractivity contribution < 1.29 is 10.3 Å². The topological polar surface area (TPSA) is 56.1 Å². The van der Waals surface area contributed by atoms with Crippen LogP contribution in [0.4, 0.5) is 0 Å². The number of aliphatic hydroxyl groups excluding tert-OH is 1. The molecule has 0 aliphatic heterocycles. The van der Waals surface area contributed by atoms with Crippen LogP contribution in [0.15, 0.2) is 5.16 Å². The predicted molar refractivity (Wildman–Crippen MR) is 53.3 cm³/mol. The van der Waals surface area contributed by atoms with Gasteiger partial charge in [0.1, 0.15) is 0 Å². The first-order valence-electron chi connectivity index (χ1n) is 4.75. The molecule has 0 aromatic heterocycles. The molecule has 0 aliphatic rings. The van der Waals surface area contributed by atoms with E-state index in [1.165, 1.54) is 0 Å². The Kier molecular flexibility index (Phi) is 7.63. The Morgan fingerprint density at radius 1 is 1.38 bits per heavy atom. The lowest BCUT2D eigenvalue weighted by atomic mass is 10.2. The van der Waals surface area contributed by atoms with Gasteiger partial charge in [-0.05, 0) is 32.9 Å². The molecule has 0 aromatic carbocycles. The van der Waals surface area contributed by atoms with Crippen LogP contribution in [-0.4, -0.2) is 47.2 Å². The molecule has 0 atom stereocenters. The van der Waals surface area contributed by atoms with E-state index in [1.807, 2.05) is 6.92 Å². The van der Waals surface area contributed by atoms with Gasteiger partial charge in [0.2, 0.25) is 0 Å². The second-order valence-corrected chi connectivity index (χ2v) is 3.10. The van der Waals surface area contributed by atoms with Crippen LogP contribution in [0, 0.1) is 0 Å². The fraction of sp³-hybridized carbons (Fsp3) is 0.889. The SMILES string of the molecule is CCN(CCO)CCCC(C)=NO. The fourth-order valence-corrected chi connectivity index (χ4v) is 1.18. The summed E-state index contributed by atoms with van der Waals surface area (Å²) in [4.78, 5) is 2.17. The number of aliphatic hydroxyl groups is 1. The van der Waals surface area contributed by atoms with E-state index in [9.17, 15) is 0 Å². The van der Waals surface area contributed by atoms with Crippen molar-refractivity contribution in [1.82, 2.24) is 4.90 Å². The van der Waals surface area contributed by atoms with Gasteiger partial charge in [-0.25, -0.2) is 0 Å². The first-order valence-corrected chi connectivity index (χ1v) is 4.75. The highest BCUT2D eigenvalue weighted by Gasteiger charge is 2.01. The Morgan fingerprint density at radius 2 is 2.08 bits per heavy atom. The van der Waals surface area contributed by atoms with Crippen LogP contribution in [0.3, 0.4) is 0 Å². The van der Waals surface area contributed by atoms with Crippen LogP contribution >= 0.6 is 0 Å². The van der Waals surface area contributed by atoms with E-state index in [1.54, 1.807) is 0 Å². The predicted octanol–water partition coefficient (Wildman–Crippen LogP) is 0.931. The first kappa shape index (κ1) is 12.4. The van der Waals surface area contributed by atoms with Crippen LogP contribution < -0.4 is 0 Å². The Bertz CT molecular complexity index is 149. The minimum absolute atomic E-state index is 0.209. The van der Waals surface area contributed by atoms with Gasteiger partial charge in [0.15, 0.2) is 0 Å². The average molecular weight is 188 g/mol. The van der Waals surface area contributed by atoms with Crippen molar-refractivity contribution >= 4 is 5.71 Å². The summed E-state index contributed by atoms with van der Waals surface area (Å²) in [6.45, 7) is 6.72. The van der Waals surface area contributed by atoms with Crippen molar-refractivity contribution in [3.63, 3.8) is 0 Å². The molecule has 0 aromatic rings. The van der Waals surface area contributed by atoms with Crippen LogP contribution in [0.1, 0.15) is 26.7 Å². The third kappa shape index (κ3) is 6.54. The van der Waals surface area contributed by atoms with Gasteiger partial charge in [0.05, 0.1) is 12.3 Å². The van der Waals surface area contributed by atoms with Gasteiger partial charge < -0.3 is 15.2 Å². The van der Waals surface area contributed by atoms with Gasteiger partial charge in [-0.1, -0.05) is 12.1 Å². The molecule has 78 valence electrons. The summed E-state index contributed by atoms with van der Waals surface area (Å²) in [7, 11) is 0. The summed E-state index contributed by atoms with van der Waals surface area (Å²) in [5.41, 5.74) is 0.764. The molecule has 13 heavy (non-hydrogen) atoms. The lowest BCUT2D eigenvalue weighted by Gasteiger charge is -2.18. The van der Waals surface area contributed by atoms with E-state index in [4.69, 9.17) is 10.3 Å². The molecule has 0 spiro atoms. The zero-order chi connectivity index (χ0) is 10.1. The van der Waals surface area contributed by atoms with Gasteiger partial charge in [-0.3, -0.25) is 0 Å². The molecule has 0 saturated carbocycles. The van der Waals surface area contributed by atoms with Crippen molar-refractivity contribution in [2.45, 2.75) is 26.7 Å². The highest BCUT2D eigenvalue weighted by molar-refractivity contribution is 5.81. The maximum Gasteiger partial charge on any atom is 0.0558 e. The van der Waals surface area contributed by atoms with Crippen LogP contribution in [0.25, 0.3) is 0 Å². The molecule has 0 fully saturated rings. The Hall–Kier alpha value is -0.610. The Morgan fingerprint density at radius 3 is 2.54 bits per heavy atom. The van der Waals surface area contributed by atoms with E-state index in [0.29, 0.717) is 0 Å². The standard InChI is InChI=1S/C9H20N2O2/c1-3-11(7-8-12)6-4-5-9(2)10-13/h12-13H,3-8H2,1-2H3.